The Morgan fingerprint density at radius 1 is 1.60 bits per heavy atom. The van der Waals surface area contributed by atoms with E-state index in [9.17, 15) is 4.79 Å². The van der Waals surface area contributed by atoms with E-state index >= 15 is 0 Å². The molecule has 0 aromatic heterocycles. The van der Waals surface area contributed by atoms with Gasteiger partial charge in [-0.15, -0.1) is 0 Å². The number of nitriles is 1. The van der Waals surface area contributed by atoms with Crippen molar-refractivity contribution < 1.29 is 4.79 Å². The molecule has 0 aromatic carbocycles. The summed E-state index contributed by atoms with van der Waals surface area (Å²) in [5.41, 5.74) is -0.693. The highest BCUT2D eigenvalue weighted by molar-refractivity contribution is 5.86. The summed E-state index contributed by atoms with van der Waals surface area (Å²) in [6.07, 6.45) is 3.56. The molecule has 0 unspecified atom stereocenters. The molecule has 0 saturated heterocycles. The van der Waals surface area contributed by atoms with Gasteiger partial charge in [0, 0.05) is 13.6 Å². The number of hydrogen-bond acceptors (Lipinski definition) is 2. The molecule has 3 nitrogen and oxygen atoms in total. The Hall–Kier alpha value is -1.04. The molecule has 0 aromatic rings. The van der Waals surface area contributed by atoms with Crippen molar-refractivity contribution >= 4 is 5.91 Å². The second-order valence-electron chi connectivity index (χ2n) is 4.79. The first-order valence-corrected chi connectivity index (χ1v) is 5.72. The second kappa shape index (κ2) is 4.65. The van der Waals surface area contributed by atoms with Gasteiger partial charge < -0.3 is 4.90 Å². The Bertz CT molecular complexity index is 274. The lowest BCUT2D eigenvalue weighted by Crippen LogP contribution is -2.48. The lowest BCUT2D eigenvalue weighted by molar-refractivity contribution is -0.143. The number of amides is 1. The Morgan fingerprint density at radius 3 is 2.60 bits per heavy atom. The molecular formula is C12H20N2O. The van der Waals surface area contributed by atoms with Crippen LogP contribution in [-0.2, 0) is 4.79 Å². The number of rotatable bonds is 4. The average Bonchev–Trinajstić information content (AvgIpc) is 2.20. The van der Waals surface area contributed by atoms with Crippen LogP contribution in [0.5, 0.6) is 0 Å². The van der Waals surface area contributed by atoms with Crippen LogP contribution in [0.1, 0.15) is 39.5 Å². The van der Waals surface area contributed by atoms with Gasteiger partial charge in [0.05, 0.1) is 6.07 Å². The van der Waals surface area contributed by atoms with Crippen LogP contribution in [0.2, 0.25) is 0 Å². The van der Waals surface area contributed by atoms with Gasteiger partial charge in [0.1, 0.15) is 5.41 Å². The summed E-state index contributed by atoms with van der Waals surface area (Å²) >= 11 is 0. The van der Waals surface area contributed by atoms with E-state index in [0.29, 0.717) is 5.92 Å². The minimum absolute atomic E-state index is 0.0246. The SMILES string of the molecule is CCCCN(C)C(=O)C1(C#N)CC(C)C1. The van der Waals surface area contributed by atoms with Crippen LogP contribution in [0.4, 0.5) is 0 Å². The molecule has 1 aliphatic carbocycles. The van der Waals surface area contributed by atoms with Crippen molar-refractivity contribution in [2.75, 3.05) is 13.6 Å². The molecule has 0 spiro atoms. The summed E-state index contributed by atoms with van der Waals surface area (Å²) in [6, 6.07) is 2.21. The topological polar surface area (TPSA) is 44.1 Å². The van der Waals surface area contributed by atoms with Crippen LogP contribution in [0.25, 0.3) is 0 Å². The minimum Gasteiger partial charge on any atom is -0.344 e. The molecule has 1 amide bonds. The maximum Gasteiger partial charge on any atom is 0.242 e. The lowest BCUT2D eigenvalue weighted by atomic mass is 9.63. The molecule has 1 aliphatic rings. The largest absolute Gasteiger partial charge is 0.344 e. The van der Waals surface area contributed by atoms with Crippen molar-refractivity contribution in [1.82, 2.24) is 4.90 Å². The van der Waals surface area contributed by atoms with Gasteiger partial charge in [-0.3, -0.25) is 4.79 Å². The van der Waals surface area contributed by atoms with Crippen molar-refractivity contribution in [3.63, 3.8) is 0 Å². The standard InChI is InChI=1S/C12H20N2O/c1-4-5-6-14(3)11(15)12(9-13)7-10(2)8-12/h10H,4-8H2,1-3H3. The zero-order chi connectivity index (χ0) is 11.5. The highest BCUT2D eigenvalue weighted by Crippen LogP contribution is 2.46. The Balaban J connectivity index is 2.55. The van der Waals surface area contributed by atoms with Crippen LogP contribution in [0.3, 0.4) is 0 Å². The predicted octanol–water partition coefficient (Wildman–Crippen LogP) is 2.18. The minimum atomic E-state index is -0.693. The fraction of sp³-hybridized carbons (Fsp3) is 0.833. The first kappa shape index (κ1) is 12.0. The second-order valence-corrected chi connectivity index (χ2v) is 4.79. The molecule has 0 N–H and O–H groups in total. The lowest BCUT2D eigenvalue weighted by Gasteiger charge is -2.41. The number of hydrogen-bond donors (Lipinski definition) is 0. The number of unbranched alkanes of at least 4 members (excludes halogenated alkanes) is 1. The van der Waals surface area contributed by atoms with Gasteiger partial charge in [-0.25, -0.2) is 0 Å². The summed E-state index contributed by atoms with van der Waals surface area (Å²) in [4.78, 5) is 13.8. The molecule has 0 bridgehead atoms. The first-order valence-electron chi connectivity index (χ1n) is 5.72. The molecule has 84 valence electrons. The predicted molar refractivity (Wildman–Crippen MR) is 59.0 cm³/mol. The van der Waals surface area contributed by atoms with E-state index < -0.39 is 5.41 Å². The number of carbonyl (C=O) groups excluding carboxylic acids is 1. The van der Waals surface area contributed by atoms with E-state index in [0.717, 1.165) is 32.2 Å². The molecule has 0 aliphatic heterocycles. The number of nitrogens with zero attached hydrogens (tertiary/aromatic N) is 2. The van der Waals surface area contributed by atoms with Gasteiger partial charge in [0.15, 0.2) is 0 Å². The van der Waals surface area contributed by atoms with Gasteiger partial charge in [-0.1, -0.05) is 20.3 Å². The molecular weight excluding hydrogens is 188 g/mol. The zero-order valence-electron chi connectivity index (χ0n) is 9.92. The summed E-state index contributed by atoms with van der Waals surface area (Å²) in [5.74, 6) is 0.546. The van der Waals surface area contributed by atoms with Crippen LogP contribution in [-0.4, -0.2) is 24.4 Å². The van der Waals surface area contributed by atoms with Crippen LogP contribution < -0.4 is 0 Å². The first-order chi connectivity index (χ1) is 7.05. The van der Waals surface area contributed by atoms with E-state index in [4.69, 9.17) is 5.26 Å². The summed E-state index contributed by atoms with van der Waals surface area (Å²) in [7, 11) is 1.81. The Kier molecular flexibility index (Phi) is 3.73. The zero-order valence-corrected chi connectivity index (χ0v) is 9.92. The van der Waals surface area contributed by atoms with Crippen molar-refractivity contribution in [1.29, 1.82) is 5.26 Å². The van der Waals surface area contributed by atoms with Crippen molar-refractivity contribution in [3.05, 3.63) is 0 Å². The van der Waals surface area contributed by atoms with Crippen LogP contribution >= 0.6 is 0 Å². The maximum absolute atomic E-state index is 12.0. The van der Waals surface area contributed by atoms with E-state index in [2.05, 4.69) is 19.9 Å². The fourth-order valence-corrected chi connectivity index (χ4v) is 2.31. The highest BCUT2D eigenvalue weighted by Gasteiger charge is 2.49. The average molecular weight is 208 g/mol. The molecule has 1 fully saturated rings. The third-order valence-electron chi connectivity index (χ3n) is 3.21. The smallest absolute Gasteiger partial charge is 0.242 e. The van der Waals surface area contributed by atoms with Gasteiger partial charge in [-0.2, -0.15) is 5.26 Å². The number of carbonyl (C=O) groups is 1. The van der Waals surface area contributed by atoms with E-state index in [-0.39, 0.29) is 5.91 Å². The van der Waals surface area contributed by atoms with Crippen molar-refractivity contribution in [2.24, 2.45) is 11.3 Å². The summed E-state index contributed by atoms with van der Waals surface area (Å²) in [5, 5.41) is 9.10. The maximum atomic E-state index is 12.0. The fourth-order valence-electron chi connectivity index (χ4n) is 2.31. The van der Waals surface area contributed by atoms with Gasteiger partial charge >= 0.3 is 0 Å². The summed E-state index contributed by atoms with van der Waals surface area (Å²) in [6.45, 7) is 4.96. The molecule has 15 heavy (non-hydrogen) atoms. The molecule has 0 radical (unpaired) electrons. The van der Waals surface area contributed by atoms with Crippen molar-refractivity contribution in [3.8, 4) is 6.07 Å². The molecule has 1 rings (SSSR count). The van der Waals surface area contributed by atoms with Gasteiger partial charge in [0.25, 0.3) is 0 Å². The summed E-state index contributed by atoms with van der Waals surface area (Å²) < 4.78 is 0. The third kappa shape index (κ3) is 2.31. The van der Waals surface area contributed by atoms with E-state index in [1.165, 1.54) is 0 Å². The quantitative estimate of drug-likeness (QED) is 0.710. The van der Waals surface area contributed by atoms with E-state index in [1.54, 1.807) is 11.9 Å². The normalized spacial score (nSPS) is 29.1. The van der Waals surface area contributed by atoms with Gasteiger partial charge in [0.2, 0.25) is 5.91 Å². The highest BCUT2D eigenvalue weighted by atomic mass is 16.2. The molecule has 0 heterocycles. The van der Waals surface area contributed by atoms with Crippen LogP contribution in [0, 0.1) is 22.7 Å². The monoisotopic (exact) mass is 208 g/mol. The third-order valence-corrected chi connectivity index (χ3v) is 3.21. The van der Waals surface area contributed by atoms with Crippen LogP contribution in [0.15, 0.2) is 0 Å². The Labute approximate surface area is 92.1 Å². The molecule has 0 atom stereocenters. The van der Waals surface area contributed by atoms with Crippen molar-refractivity contribution in [2.45, 2.75) is 39.5 Å². The molecule has 3 heteroatoms. The van der Waals surface area contributed by atoms with Gasteiger partial charge in [-0.05, 0) is 25.2 Å². The Morgan fingerprint density at radius 2 is 2.20 bits per heavy atom. The molecule has 1 saturated carbocycles. The van der Waals surface area contributed by atoms with E-state index in [1.807, 2.05) is 0 Å².